The molecule has 1 aliphatic rings. The number of rotatable bonds is 1. The van der Waals surface area contributed by atoms with E-state index in [4.69, 9.17) is 5.73 Å². The highest BCUT2D eigenvalue weighted by atomic mass is 15.1. The van der Waals surface area contributed by atoms with E-state index in [1.54, 1.807) is 0 Å². The van der Waals surface area contributed by atoms with Crippen LogP contribution in [0.1, 0.15) is 50.5 Å². The molecule has 2 heterocycles. The van der Waals surface area contributed by atoms with Gasteiger partial charge in [-0.05, 0) is 12.3 Å². The third-order valence-corrected chi connectivity index (χ3v) is 3.02. The van der Waals surface area contributed by atoms with Gasteiger partial charge in [0, 0.05) is 30.4 Å². The van der Waals surface area contributed by atoms with Crippen molar-refractivity contribution in [1.29, 1.82) is 0 Å². The molecule has 3 nitrogen and oxygen atoms in total. The van der Waals surface area contributed by atoms with E-state index >= 15 is 0 Å². The number of nitrogens with zero attached hydrogens (tertiary/aromatic N) is 2. The second-order valence-electron chi connectivity index (χ2n) is 4.70. The van der Waals surface area contributed by atoms with Crippen molar-refractivity contribution in [2.75, 3.05) is 0 Å². The number of hydrogen-bond donors (Lipinski definition) is 1. The molecule has 0 saturated heterocycles. The minimum Gasteiger partial charge on any atom is -0.330 e. The zero-order valence-electron chi connectivity index (χ0n) is 9.20. The van der Waals surface area contributed by atoms with Crippen molar-refractivity contribution in [2.24, 2.45) is 5.73 Å². The minimum absolute atomic E-state index is 0.296. The minimum atomic E-state index is 0.296. The first kappa shape index (κ1) is 9.71. The van der Waals surface area contributed by atoms with E-state index in [0.29, 0.717) is 17.9 Å². The number of aromatic nitrogens is 2. The topological polar surface area (TPSA) is 43.8 Å². The number of imidazole rings is 1. The average Bonchev–Trinajstić information content (AvgIpc) is 2.47. The van der Waals surface area contributed by atoms with E-state index in [1.807, 2.05) is 6.20 Å². The Morgan fingerprint density at radius 3 is 2.93 bits per heavy atom. The van der Waals surface area contributed by atoms with Gasteiger partial charge in [-0.25, -0.2) is 4.98 Å². The fraction of sp³-hybridized carbons (Fsp3) is 0.727. The Labute approximate surface area is 85.3 Å². The third kappa shape index (κ3) is 1.46. The van der Waals surface area contributed by atoms with Crippen LogP contribution in [0.5, 0.6) is 0 Å². The molecular weight excluding hydrogens is 174 g/mol. The maximum absolute atomic E-state index is 6.02. The fourth-order valence-electron chi connectivity index (χ4n) is 2.33. The number of nitrogens with two attached hydrogens (primary N) is 1. The van der Waals surface area contributed by atoms with Crippen LogP contribution in [0.2, 0.25) is 0 Å². The summed E-state index contributed by atoms with van der Waals surface area (Å²) in [6.45, 7) is 7.55. The molecule has 0 aromatic carbocycles. The van der Waals surface area contributed by atoms with Crippen LogP contribution in [0.25, 0.3) is 0 Å². The predicted molar refractivity (Wildman–Crippen MR) is 57.3 cm³/mol. The number of hydrogen-bond acceptors (Lipinski definition) is 2. The van der Waals surface area contributed by atoms with Crippen LogP contribution >= 0.6 is 0 Å². The van der Waals surface area contributed by atoms with Crippen LogP contribution in [0.15, 0.2) is 6.20 Å². The van der Waals surface area contributed by atoms with Gasteiger partial charge >= 0.3 is 0 Å². The van der Waals surface area contributed by atoms with Crippen LogP contribution in [-0.4, -0.2) is 15.6 Å². The molecule has 3 heteroatoms. The van der Waals surface area contributed by atoms with E-state index in [2.05, 4.69) is 30.3 Å². The van der Waals surface area contributed by atoms with E-state index in [1.165, 1.54) is 11.5 Å². The summed E-state index contributed by atoms with van der Waals surface area (Å²) in [7, 11) is 0. The lowest BCUT2D eigenvalue weighted by Gasteiger charge is -2.27. The lowest BCUT2D eigenvalue weighted by Crippen LogP contribution is -2.34. The van der Waals surface area contributed by atoms with Gasteiger partial charge in [-0.2, -0.15) is 0 Å². The Morgan fingerprint density at radius 1 is 1.57 bits per heavy atom. The highest BCUT2D eigenvalue weighted by Gasteiger charge is 2.25. The lowest BCUT2D eigenvalue weighted by atomic mass is 9.97. The molecule has 1 aromatic rings. The van der Waals surface area contributed by atoms with Gasteiger partial charge in [0.15, 0.2) is 0 Å². The number of fused-ring (bicyclic) bond motifs is 1. The van der Waals surface area contributed by atoms with Crippen molar-refractivity contribution in [1.82, 2.24) is 9.55 Å². The van der Waals surface area contributed by atoms with Crippen molar-refractivity contribution >= 4 is 0 Å². The van der Waals surface area contributed by atoms with Crippen LogP contribution < -0.4 is 5.73 Å². The zero-order chi connectivity index (χ0) is 10.3. The normalized spacial score (nSPS) is 26.6. The highest BCUT2D eigenvalue weighted by molar-refractivity contribution is 5.15. The summed E-state index contributed by atoms with van der Waals surface area (Å²) in [5.41, 5.74) is 7.34. The van der Waals surface area contributed by atoms with Gasteiger partial charge in [-0.15, -0.1) is 0 Å². The molecular formula is C11H19N3. The molecule has 14 heavy (non-hydrogen) atoms. The molecule has 2 unspecified atom stereocenters. The summed E-state index contributed by atoms with van der Waals surface area (Å²) in [4.78, 5) is 4.50. The van der Waals surface area contributed by atoms with Crippen molar-refractivity contribution in [3.63, 3.8) is 0 Å². The van der Waals surface area contributed by atoms with E-state index in [-0.39, 0.29) is 0 Å². The molecule has 1 aliphatic heterocycles. The largest absolute Gasteiger partial charge is 0.330 e. The Hall–Kier alpha value is -0.830. The van der Waals surface area contributed by atoms with Gasteiger partial charge in [0.1, 0.15) is 5.82 Å². The second kappa shape index (κ2) is 3.39. The maximum atomic E-state index is 6.02. The van der Waals surface area contributed by atoms with E-state index in [9.17, 15) is 0 Å². The second-order valence-corrected chi connectivity index (χ2v) is 4.70. The Kier molecular flexibility index (Phi) is 2.35. The molecule has 2 N–H and O–H groups in total. The molecule has 78 valence electrons. The zero-order valence-corrected chi connectivity index (χ0v) is 9.20. The fourth-order valence-corrected chi connectivity index (χ4v) is 2.33. The first-order valence-corrected chi connectivity index (χ1v) is 5.40. The summed E-state index contributed by atoms with van der Waals surface area (Å²) >= 11 is 0. The van der Waals surface area contributed by atoms with Crippen molar-refractivity contribution in [3.8, 4) is 0 Å². The summed E-state index contributed by atoms with van der Waals surface area (Å²) in [6, 6.07) is 0.296. The van der Waals surface area contributed by atoms with Gasteiger partial charge in [-0.1, -0.05) is 20.8 Å². The highest BCUT2D eigenvalue weighted by Crippen LogP contribution is 2.28. The van der Waals surface area contributed by atoms with Gasteiger partial charge in [0.2, 0.25) is 0 Å². The van der Waals surface area contributed by atoms with Crippen LogP contribution in [0.4, 0.5) is 0 Å². The summed E-state index contributed by atoms with van der Waals surface area (Å²) in [5, 5.41) is 0. The maximum Gasteiger partial charge on any atom is 0.111 e. The van der Waals surface area contributed by atoms with Gasteiger partial charge in [0.25, 0.3) is 0 Å². The Bertz CT molecular complexity index is 314. The first-order chi connectivity index (χ1) is 6.59. The average molecular weight is 193 g/mol. The van der Waals surface area contributed by atoms with Crippen LogP contribution in [0.3, 0.4) is 0 Å². The van der Waals surface area contributed by atoms with Crippen LogP contribution in [-0.2, 0) is 6.54 Å². The van der Waals surface area contributed by atoms with Crippen molar-refractivity contribution in [3.05, 3.63) is 17.7 Å². The first-order valence-electron chi connectivity index (χ1n) is 5.40. The summed E-state index contributed by atoms with van der Waals surface area (Å²) in [6.07, 6.45) is 3.07. The molecule has 0 spiro atoms. The SMILES string of the molecule is CC(C)c1cnc2n1CC(N)CC2C. The van der Waals surface area contributed by atoms with Crippen LogP contribution in [0, 0.1) is 0 Å². The molecule has 2 rings (SSSR count). The molecule has 2 atom stereocenters. The van der Waals surface area contributed by atoms with Crippen molar-refractivity contribution < 1.29 is 0 Å². The van der Waals surface area contributed by atoms with Crippen molar-refractivity contribution in [2.45, 2.75) is 51.6 Å². The summed E-state index contributed by atoms with van der Waals surface area (Å²) < 4.78 is 2.31. The molecule has 0 radical (unpaired) electrons. The lowest BCUT2D eigenvalue weighted by molar-refractivity contribution is 0.397. The Balaban J connectivity index is 2.41. The quantitative estimate of drug-likeness (QED) is 0.739. The third-order valence-electron chi connectivity index (χ3n) is 3.02. The molecule has 0 fully saturated rings. The standard InChI is InChI=1S/C11H19N3/c1-7(2)10-5-13-11-8(3)4-9(12)6-14(10)11/h5,7-9H,4,6,12H2,1-3H3. The van der Waals surface area contributed by atoms with Gasteiger partial charge < -0.3 is 10.3 Å². The molecule has 0 saturated carbocycles. The molecule has 0 bridgehead atoms. The summed E-state index contributed by atoms with van der Waals surface area (Å²) in [5.74, 6) is 2.26. The van der Waals surface area contributed by atoms with E-state index < -0.39 is 0 Å². The van der Waals surface area contributed by atoms with Gasteiger partial charge in [0.05, 0.1) is 0 Å². The monoisotopic (exact) mass is 193 g/mol. The molecule has 0 aliphatic carbocycles. The van der Waals surface area contributed by atoms with E-state index in [0.717, 1.165) is 13.0 Å². The predicted octanol–water partition coefficient (Wildman–Crippen LogP) is 1.84. The smallest absolute Gasteiger partial charge is 0.111 e. The molecule has 0 amide bonds. The van der Waals surface area contributed by atoms with Gasteiger partial charge in [-0.3, -0.25) is 0 Å². The molecule has 1 aromatic heterocycles. The Morgan fingerprint density at radius 2 is 2.29 bits per heavy atom.